The Kier molecular flexibility index (Phi) is 5.71. The highest BCUT2D eigenvalue weighted by atomic mass is 79.9. The van der Waals surface area contributed by atoms with Gasteiger partial charge in [-0.1, -0.05) is 24.4 Å². The summed E-state index contributed by atoms with van der Waals surface area (Å²) in [6, 6.07) is 1.69. The number of hydrogen-bond acceptors (Lipinski definition) is 3. The first-order valence-corrected chi connectivity index (χ1v) is 8.74. The normalized spacial score (nSPS) is 16.0. The van der Waals surface area contributed by atoms with Gasteiger partial charge in [0.2, 0.25) is 0 Å². The van der Waals surface area contributed by atoms with Gasteiger partial charge in [0, 0.05) is 0 Å². The summed E-state index contributed by atoms with van der Waals surface area (Å²) in [7, 11) is 3.31. The number of rotatable bonds is 5. The van der Waals surface area contributed by atoms with Crippen LogP contribution < -0.4 is 9.47 Å². The highest BCUT2D eigenvalue weighted by Gasteiger charge is 2.27. The maximum atomic E-state index is 12.6. The zero-order chi connectivity index (χ0) is 14.7. The summed E-state index contributed by atoms with van der Waals surface area (Å²) >= 11 is 9.55. The summed E-state index contributed by atoms with van der Waals surface area (Å²) in [5.41, 5.74) is 1.02. The molecule has 0 aromatic heterocycles. The van der Waals surface area contributed by atoms with Gasteiger partial charge < -0.3 is 9.47 Å². The quantitative estimate of drug-likeness (QED) is 0.684. The first kappa shape index (κ1) is 16.1. The zero-order valence-corrected chi connectivity index (χ0v) is 14.8. The molecule has 1 fully saturated rings. The van der Waals surface area contributed by atoms with E-state index in [1.54, 1.807) is 13.2 Å². The van der Waals surface area contributed by atoms with E-state index in [9.17, 15) is 4.79 Å². The summed E-state index contributed by atoms with van der Waals surface area (Å²) < 4.78 is 11.3. The first-order chi connectivity index (χ1) is 9.58. The summed E-state index contributed by atoms with van der Waals surface area (Å²) in [5.74, 6) is 0.906. The lowest BCUT2D eigenvalue weighted by Crippen LogP contribution is -2.05. The Hall–Kier alpha value is -0.310. The molecule has 1 unspecified atom stereocenters. The topological polar surface area (TPSA) is 35.5 Å². The van der Waals surface area contributed by atoms with Crippen LogP contribution in [-0.2, 0) is 0 Å². The zero-order valence-electron chi connectivity index (χ0n) is 11.5. The molecule has 1 saturated carbocycles. The molecule has 0 heterocycles. The molecule has 1 aliphatic rings. The van der Waals surface area contributed by atoms with Crippen LogP contribution in [0.25, 0.3) is 0 Å². The van der Waals surface area contributed by atoms with Crippen molar-refractivity contribution < 1.29 is 14.3 Å². The van der Waals surface area contributed by atoms with E-state index in [0.29, 0.717) is 32.2 Å². The van der Waals surface area contributed by atoms with Crippen LogP contribution in [0.15, 0.2) is 10.5 Å². The van der Waals surface area contributed by atoms with Crippen LogP contribution in [0.3, 0.4) is 0 Å². The Labute approximate surface area is 134 Å². The maximum Gasteiger partial charge on any atom is 0.188 e. The first-order valence-electron chi connectivity index (χ1n) is 6.49. The van der Waals surface area contributed by atoms with Gasteiger partial charge in [0.1, 0.15) is 11.3 Å². The van der Waals surface area contributed by atoms with E-state index < -0.39 is 0 Å². The van der Waals surface area contributed by atoms with E-state index in [0.717, 1.165) is 12.8 Å². The number of benzene rings is 1. The Morgan fingerprint density at radius 2 is 1.90 bits per heavy atom. The van der Waals surface area contributed by atoms with Crippen molar-refractivity contribution in [3.05, 3.63) is 21.1 Å². The lowest BCUT2D eigenvalue weighted by molar-refractivity contribution is 0.107. The average molecular weight is 380 g/mol. The lowest BCUT2D eigenvalue weighted by Gasteiger charge is -2.16. The van der Waals surface area contributed by atoms with E-state index in [1.807, 2.05) is 0 Å². The lowest BCUT2D eigenvalue weighted by atomic mass is 10.2. The number of ether oxygens (including phenoxy) is 2. The fraction of sp³-hybridized carbons (Fsp3) is 0.500. The van der Waals surface area contributed by atoms with Gasteiger partial charge >= 0.3 is 0 Å². The predicted octanol–water partition coefficient (Wildman–Crippen LogP) is 4.88. The number of halogens is 2. The van der Waals surface area contributed by atoms with Crippen LogP contribution in [0.2, 0.25) is 5.02 Å². The van der Waals surface area contributed by atoms with Crippen molar-refractivity contribution >= 4 is 41.6 Å². The minimum atomic E-state index is 0.0637. The minimum absolute atomic E-state index is 0.0637. The van der Waals surface area contributed by atoms with E-state index >= 15 is 0 Å². The van der Waals surface area contributed by atoms with Gasteiger partial charge in [-0.25, -0.2) is 0 Å². The molecular formula is C14H17BrClO3P. The average Bonchev–Trinajstić information content (AvgIpc) is 2.90. The van der Waals surface area contributed by atoms with Crippen LogP contribution >= 0.6 is 36.1 Å². The highest BCUT2D eigenvalue weighted by molar-refractivity contribution is 9.10. The molecule has 0 amide bonds. The molecule has 2 rings (SSSR count). The van der Waals surface area contributed by atoms with Crippen LogP contribution in [0.4, 0.5) is 0 Å². The summed E-state index contributed by atoms with van der Waals surface area (Å²) in [4.78, 5) is 12.6. The van der Waals surface area contributed by atoms with Crippen LogP contribution in [-0.4, -0.2) is 25.4 Å². The Morgan fingerprint density at radius 1 is 1.30 bits per heavy atom. The van der Waals surface area contributed by atoms with Crippen molar-refractivity contribution in [3.63, 3.8) is 0 Å². The van der Waals surface area contributed by atoms with Crippen molar-refractivity contribution in [2.45, 2.75) is 31.3 Å². The number of carbonyl (C=O) groups is 1. The monoisotopic (exact) mass is 378 g/mol. The van der Waals surface area contributed by atoms with Crippen LogP contribution in [0.1, 0.15) is 36.0 Å². The number of hydrogen-bond donors (Lipinski definition) is 0. The van der Waals surface area contributed by atoms with E-state index in [1.165, 1.54) is 20.0 Å². The molecule has 20 heavy (non-hydrogen) atoms. The fourth-order valence-corrected chi connectivity index (χ4v) is 4.96. The molecule has 0 spiro atoms. The molecule has 0 bridgehead atoms. The Balaban J connectivity index is 2.38. The van der Waals surface area contributed by atoms with Crippen LogP contribution in [0.5, 0.6) is 11.5 Å². The second-order valence-electron chi connectivity index (χ2n) is 4.74. The third-order valence-corrected chi connectivity index (χ3v) is 5.83. The van der Waals surface area contributed by atoms with Gasteiger partial charge in [0.05, 0.1) is 23.7 Å². The smallest absolute Gasteiger partial charge is 0.188 e. The molecule has 0 radical (unpaired) electrons. The van der Waals surface area contributed by atoms with Crippen molar-refractivity contribution in [2.24, 2.45) is 0 Å². The number of carbonyl (C=O) groups excluding carboxylic acids is 1. The molecule has 3 nitrogen and oxygen atoms in total. The highest BCUT2D eigenvalue weighted by Crippen LogP contribution is 2.46. The third-order valence-electron chi connectivity index (χ3n) is 3.47. The van der Waals surface area contributed by atoms with E-state index in [2.05, 4.69) is 15.9 Å². The van der Waals surface area contributed by atoms with Crippen molar-refractivity contribution in [2.75, 3.05) is 14.2 Å². The van der Waals surface area contributed by atoms with Crippen molar-refractivity contribution in [3.8, 4) is 11.5 Å². The van der Waals surface area contributed by atoms with E-state index in [-0.39, 0.29) is 14.1 Å². The van der Waals surface area contributed by atoms with E-state index in [4.69, 9.17) is 21.1 Å². The van der Waals surface area contributed by atoms with Crippen molar-refractivity contribution in [1.82, 2.24) is 0 Å². The minimum Gasteiger partial charge on any atom is -0.495 e. The summed E-state index contributed by atoms with van der Waals surface area (Å²) in [6.07, 6.45) is 4.71. The molecule has 110 valence electrons. The summed E-state index contributed by atoms with van der Waals surface area (Å²) in [6.45, 7) is 0. The van der Waals surface area contributed by atoms with Gasteiger partial charge in [-0.05, 0) is 49.1 Å². The van der Waals surface area contributed by atoms with Gasteiger partial charge in [-0.2, -0.15) is 0 Å². The second kappa shape index (κ2) is 7.11. The van der Waals surface area contributed by atoms with Gasteiger partial charge in [0.25, 0.3) is 0 Å². The largest absolute Gasteiger partial charge is 0.495 e. The SMILES string of the molecule is COc1c(Cl)cc(Br)c(OC)c1C(=O)PC1CCCC1. The molecule has 0 saturated heterocycles. The van der Waals surface area contributed by atoms with Gasteiger partial charge in [-0.15, -0.1) is 0 Å². The second-order valence-corrected chi connectivity index (χ2v) is 7.56. The van der Waals surface area contributed by atoms with Gasteiger partial charge in [0.15, 0.2) is 11.3 Å². The molecule has 0 aliphatic heterocycles. The molecule has 1 atom stereocenters. The molecular weight excluding hydrogens is 362 g/mol. The maximum absolute atomic E-state index is 12.6. The molecule has 1 aliphatic carbocycles. The predicted molar refractivity (Wildman–Crippen MR) is 87.2 cm³/mol. The van der Waals surface area contributed by atoms with Crippen molar-refractivity contribution in [1.29, 1.82) is 0 Å². The third kappa shape index (κ3) is 3.29. The molecule has 0 N–H and O–H groups in total. The van der Waals surface area contributed by atoms with Crippen LogP contribution in [0, 0.1) is 0 Å². The molecule has 1 aromatic rings. The molecule has 6 heteroatoms. The molecule has 1 aromatic carbocycles. The summed E-state index contributed by atoms with van der Waals surface area (Å²) in [5, 5.41) is 0.416. The fourth-order valence-electron chi connectivity index (χ4n) is 2.52. The van der Waals surface area contributed by atoms with Gasteiger partial charge in [-0.3, -0.25) is 4.79 Å². The number of methoxy groups -OCH3 is 2. The standard InChI is InChI=1S/C14H17BrClO3P/c1-18-12-9(15)7-10(16)13(19-2)11(12)14(17)20-8-5-3-4-6-8/h7-8,20H,3-6H2,1-2H3. The Morgan fingerprint density at radius 3 is 2.45 bits per heavy atom. The Bertz CT molecular complexity index is 487.